The Balaban J connectivity index is 0.907. The zero-order valence-electron chi connectivity index (χ0n) is 40.5. The molecule has 0 aliphatic heterocycles. The molecule has 0 N–H and O–H groups in total. The van der Waals surface area contributed by atoms with Crippen molar-refractivity contribution in [3.8, 4) is 16.8 Å². The van der Waals surface area contributed by atoms with E-state index in [4.69, 9.17) is 0 Å². The van der Waals surface area contributed by atoms with Gasteiger partial charge in [0.15, 0.2) is 0 Å². The maximum absolute atomic E-state index is 2.66. The van der Waals surface area contributed by atoms with Gasteiger partial charge in [0, 0.05) is 55.4 Å². The third kappa shape index (κ3) is 5.57. The molecule has 0 atom stereocenters. The summed E-state index contributed by atoms with van der Waals surface area (Å²) in [4.78, 5) is 5.08. The molecule has 0 unspecified atom stereocenters. The maximum Gasteiger partial charge on any atom is 0.0561 e. The summed E-state index contributed by atoms with van der Waals surface area (Å²) in [5.41, 5.74) is 18.1. The minimum absolute atomic E-state index is 0.0824. The van der Waals surface area contributed by atoms with E-state index in [9.17, 15) is 0 Å². The molecular weight excluding hydrogens is 871 g/mol. The zero-order chi connectivity index (χ0) is 47.2. The zero-order valence-corrected chi connectivity index (χ0v) is 40.5. The third-order valence-corrected chi connectivity index (χ3v) is 18.2. The molecule has 1 heterocycles. The second-order valence-electron chi connectivity index (χ2n) is 21.7. The molecule has 1 spiro atoms. The van der Waals surface area contributed by atoms with E-state index in [1.165, 1.54) is 120 Å². The molecule has 0 amide bonds. The van der Waals surface area contributed by atoms with Gasteiger partial charge in [-0.15, -0.1) is 0 Å². The van der Waals surface area contributed by atoms with E-state index in [0.717, 1.165) is 34.6 Å². The van der Waals surface area contributed by atoms with Gasteiger partial charge in [-0.05, 0) is 185 Å². The average molecular weight is 924 g/mol. The second-order valence-corrected chi connectivity index (χ2v) is 21.7. The minimum Gasteiger partial charge on any atom is -0.310 e. The first-order valence-corrected chi connectivity index (χ1v) is 26.3. The summed E-state index contributed by atoms with van der Waals surface area (Å²) in [7, 11) is 0. The van der Waals surface area contributed by atoms with E-state index in [1.807, 2.05) is 0 Å². The van der Waals surface area contributed by atoms with Crippen molar-refractivity contribution in [2.75, 3.05) is 9.80 Å². The van der Waals surface area contributed by atoms with Gasteiger partial charge in [-0.2, -0.15) is 0 Å². The lowest BCUT2D eigenvalue weighted by Gasteiger charge is -2.61. The predicted molar refractivity (Wildman–Crippen MR) is 302 cm³/mol. The fraction of sp³-hybridized carbons (Fsp3) is 0.159. The molecule has 12 aromatic rings. The quantitative estimate of drug-likeness (QED) is 0.148. The Labute approximate surface area is 420 Å². The van der Waals surface area contributed by atoms with Crippen molar-refractivity contribution < 1.29 is 0 Å². The number of aryl methyl sites for hydroxylation is 1. The van der Waals surface area contributed by atoms with E-state index in [2.05, 4.69) is 240 Å². The van der Waals surface area contributed by atoms with Crippen molar-refractivity contribution in [2.45, 2.75) is 44.4 Å². The van der Waals surface area contributed by atoms with Gasteiger partial charge in [-0.3, -0.25) is 0 Å². The standard InChI is InChI=1S/C69H53N3/c1-43-14-8-12-22-62(43)72(52-28-32-55-54-19-9-11-21-60(54)69(61(55)41-52)48-37-44-36-45(39-48)40-49(69)38-44)65-35-27-47-24-30-58-64(34-26-46-25-31-59(65)68(47)67(46)58)70(50-15-4-2-5-16-50)53-29-33-57-56-20-10-13-23-63(56)71(66(57)42-53)51-17-6-3-7-18-51/h2-35,41-42,44-45,48-49H,36-40H2,1H3. The first kappa shape index (κ1) is 40.6. The molecule has 5 aliphatic carbocycles. The van der Waals surface area contributed by atoms with Crippen LogP contribution < -0.4 is 9.80 Å². The number of benzene rings is 11. The Morgan fingerprint density at radius 3 is 1.68 bits per heavy atom. The lowest BCUT2D eigenvalue weighted by atomic mass is 9.43. The lowest BCUT2D eigenvalue weighted by Crippen LogP contribution is -2.55. The van der Waals surface area contributed by atoms with Gasteiger partial charge in [-0.1, -0.05) is 146 Å². The highest BCUT2D eigenvalue weighted by molar-refractivity contribution is 6.28. The predicted octanol–water partition coefficient (Wildman–Crippen LogP) is 18.7. The summed E-state index contributed by atoms with van der Waals surface area (Å²) < 4.78 is 2.42. The van der Waals surface area contributed by atoms with Crippen molar-refractivity contribution in [3.05, 3.63) is 235 Å². The number of anilines is 6. The van der Waals surface area contributed by atoms with E-state index < -0.39 is 0 Å². The number of fused-ring (bicyclic) bond motifs is 6. The second kappa shape index (κ2) is 15.2. The van der Waals surface area contributed by atoms with Gasteiger partial charge < -0.3 is 14.4 Å². The normalized spacial score (nSPS) is 20.6. The molecule has 3 heteroatoms. The Bertz CT molecular complexity index is 4120. The van der Waals surface area contributed by atoms with E-state index >= 15 is 0 Å². The largest absolute Gasteiger partial charge is 0.310 e. The molecule has 4 saturated carbocycles. The molecule has 72 heavy (non-hydrogen) atoms. The number of para-hydroxylation sites is 4. The summed E-state index contributed by atoms with van der Waals surface area (Å²) in [6.07, 6.45) is 6.95. The number of nitrogens with zero attached hydrogens (tertiary/aromatic N) is 3. The molecule has 3 nitrogen and oxygen atoms in total. The number of rotatable bonds is 7. The van der Waals surface area contributed by atoms with E-state index in [-0.39, 0.29) is 5.41 Å². The summed E-state index contributed by atoms with van der Waals surface area (Å²) in [5.74, 6) is 3.20. The van der Waals surface area contributed by atoms with Crippen LogP contribution in [0.3, 0.4) is 0 Å². The molecule has 5 aliphatic rings. The third-order valence-electron chi connectivity index (χ3n) is 18.2. The Kier molecular flexibility index (Phi) is 8.56. The summed E-state index contributed by atoms with van der Waals surface area (Å²) in [6, 6.07) is 82.6. The van der Waals surface area contributed by atoms with Crippen LogP contribution in [0.25, 0.3) is 70.9 Å². The van der Waals surface area contributed by atoms with Gasteiger partial charge in [0.25, 0.3) is 0 Å². The summed E-state index contributed by atoms with van der Waals surface area (Å²) in [6.45, 7) is 2.28. The molecule has 11 aromatic carbocycles. The van der Waals surface area contributed by atoms with Crippen molar-refractivity contribution in [3.63, 3.8) is 0 Å². The molecule has 344 valence electrons. The van der Waals surface area contributed by atoms with Gasteiger partial charge in [0.1, 0.15) is 0 Å². The first-order valence-electron chi connectivity index (χ1n) is 26.3. The highest BCUT2D eigenvalue weighted by atomic mass is 15.2. The number of aromatic nitrogens is 1. The SMILES string of the molecule is Cc1ccccc1N(c1ccc2c(c1)C1(c3ccccc3-2)C2CC3CC(C2)CC1C3)c1ccc2ccc3c(N(c4ccccc4)c4ccc5c6ccccc6n(-c6ccccc6)c5c4)ccc4ccc1c2c43. The first-order chi connectivity index (χ1) is 35.6. The van der Waals surface area contributed by atoms with Crippen molar-refractivity contribution in [1.82, 2.24) is 4.57 Å². The van der Waals surface area contributed by atoms with E-state index in [1.54, 1.807) is 11.1 Å². The minimum atomic E-state index is 0.0824. The van der Waals surface area contributed by atoms with Gasteiger partial charge in [-0.25, -0.2) is 0 Å². The molecule has 4 bridgehead atoms. The van der Waals surface area contributed by atoms with Crippen LogP contribution in [0.15, 0.2) is 218 Å². The van der Waals surface area contributed by atoms with Crippen LogP contribution in [0.5, 0.6) is 0 Å². The highest BCUT2D eigenvalue weighted by Gasteiger charge is 2.61. The lowest BCUT2D eigenvalue weighted by molar-refractivity contribution is -0.0399. The summed E-state index contributed by atoms with van der Waals surface area (Å²) >= 11 is 0. The van der Waals surface area contributed by atoms with Crippen LogP contribution in [-0.2, 0) is 5.41 Å². The van der Waals surface area contributed by atoms with E-state index in [0.29, 0.717) is 11.8 Å². The molecule has 4 fully saturated rings. The molecule has 0 radical (unpaired) electrons. The molecule has 0 saturated heterocycles. The molecular formula is C69H53N3. The highest BCUT2D eigenvalue weighted by Crippen LogP contribution is 2.70. The van der Waals surface area contributed by atoms with Crippen molar-refractivity contribution in [1.29, 1.82) is 0 Å². The molecule has 17 rings (SSSR count). The fourth-order valence-electron chi connectivity index (χ4n) is 15.6. The number of hydrogen-bond donors (Lipinski definition) is 0. The van der Waals surface area contributed by atoms with Crippen LogP contribution in [0.1, 0.15) is 48.8 Å². The van der Waals surface area contributed by atoms with Gasteiger partial charge in [0.2, 0.25) is 0 Å². The van der Waals surface area contributed by atoms with Crippen molar-refractivity contribution >= 4 is 88.2 Å². The average Bonchev–Trinajstić information content (AvgIpc) is 3.91. The summed E-state index contributed by atoms with van der Waals surface area (Å²) in [5, 5.41) is 10.1. The van der Waals surface area contributed by atoms with Crippen LogP contribution in [0.4, 0.5) is 34.1 Å². The Morgan fingerprint density at radius 2 is 0.944 bits per heavy atom. The monoisotopic (exact) mass is 923 g/mol. The fourth-order valence-corrected chi connectivity index (χ4v) is 15.6. The van der Waals surface area contributed by atoms with Gasteiger partial charge >= 0.3 is 0 Å². The smallest absolute Gasteiger partial charge is 0.0561 e. The Morgan fingerprint density at radius 1 is 0.389 bits per heavy atom. The van der Waals surface area contributed by atoms with Crippen molar-refractivity contribution in [2.24, 2.45) is 23.7 Å². The van der Waals surface area contributed by atoms with Crippen LogP contribution in [-0.4, -0.2) is 4.57 Å². The van der Waals surface area contributed by atoms with Crippen LogP contribution >= 0.6 is 0 Å². The number of hydrogen-bond acceptors (Lipinski definition) is 2. The van der Waals surface area contributed by atoms with Crippen LogP contribution in [0, 0.1) is 30.6 Å². The van der Waals surface area contributed by atoms with Gasteiger partial charge in [0.05, 0.1) is 22.4 Å². The maximum atomic E-state index is 2.66. The molecule has 1 aromatic heterocycles. The topological polar surface area (TPSA) is 11.4 Å². The van der Waals surface area contributed by atoms with Crippen LogP contribution in [0.2, 0.25) is 0 Å². The Hall–Kier alpha value is -8.14.